The standard InChI is InChI=1S/C16H20FN3O4S/c1-10(2)6-14(16(21)22)19-25(23,24)12-4-5-15(13(17)7-12)20-9-11(3)8-18-20/h4-5,7-10,14,19H,6H2,1-3H3,(H,21,22). The van der Waals surface area contributed by atoms with Crippen LogP contribution in [-0.2, 0) is 14.8 Å². The minimum absolute atomic E-state index is 0.0223. The number of carboxylic acid groups (broad SMARTS) is 1. The van der Waals surface area contributed by atoms with Crippen molar-refractivity contribution >= 4 is 16.0 Å². The number of nitrogens with one attached hydrogen (secondary N) is 1. The van der Waals surface area contributed by atoms with Gasteiger partial charge in [0.15, 0.2) is 0 Å². The normalized spacial score (nSPS) is 13.2. The first-order valence-corrected chi connectivity index (χ1v) is 9.15. The number of nitrogens with zero attached hydrogens (tertiary/aromatic N) is 2. The van der Waals surface area contributed by atoms with Crippen molar-refractivity contribution in [2.75, 3.05) is 0 Å². The first-order valence-electron chi connectivity index (χ1n) is 7.66. The van der Waals surface area contributed by atoms with Gasteiger partial charge in [0, 0.05) is 6.20 Å². The molecular formula is C16H20FN3O4S. The van der Waals surface area contributed by atoms with Gasteiger partial charge in [-0.1, -0.05) is 13.8 Å². The van der Waals surface area contributed by atoms with E-state index >= 15 is 0 Å². The molecule has 2 rings (SSSR count). The van der Waals surface area contributed by atoms with Crippen LogP contribution in [0.1, 0.15) is 25.8 Å². The fourth-order valence-corrected chi connectivity index (χ4v) is 3.52. The number of aryl methyl sites for hydroxylation is 1. The van der Waals surface area contributed by atoms with Gasteiger partial charge in [-0.2, -0.15) is 9.82 Å². The van der Waals surface area contributed by atoms with Gasteiger partial charge in [0.25, 0.3) is 0 Å². The fraction of sp³-hybridized carbons (Fsp3) is 0.375. The first kappa shape index (κ1) is 19.1. The molecule has 0 aliphatic heterocycles. The largest absolute Gasteiger partial charge is 0.480 e. The summed E-state index contributed by atoms with van der Waals surface area (Å²) in [5.41, 5.74) is 0.930. The van der Waals surface area contributed by atoms with Gasteiger partial charge >= 0.3 is 5.97 Å². The third-order valence-electron chi connectivity index (χ3n) is 3.49. The van der Waals surface area contributed by atoms with Gasteiger partial charge in [0.2, 0.25) is 10.0 Å². The van der Waals surface area contributed by atoms with Gasteiger partial charge in [-0.05, 0) is 43.0 Å². The lowest BCUT2D eigenvalue weighted by molar-refractivity contribution is -0.139. The molecule has 25 heavy (non-hydrogen) atoms. The predicted molar refractivity (Wildman–Crippen MR) is 89.5 cm³/mol. The van der Waals surface area contributed by atoms with Crippen molar-refractivity contribution in [3.63, 3.8) is 0 Å². The number of sulfonamides is 1. The van der Waals surface area contributed by atoms with E-state index in [2.05, 4.69) is 9.82 Å². The van der Waals surface area contributed by atoms with Gasteiger partial charge in [-0.3, -0.25) is 4.79 Å². The van der Waals surface area contributed by atoms with Crippen LogP contribution in [0, 0.1) is 18.7 Å². The molecule has 0 saturated carbocycles. The maximum Gasteiger partial charge on any atom is 0.321 e. The van der Waals surface area contributed by atoms with E-state index in [1.54, 1.807) is 33.2 Å². The van der Waals surface area contributed by atoms with Gasteiger partial charge in [0.05, 0.1) is 11.1 Å². The number of aromatic nitrogens is 2. The molecule has 136 valence electrons. The van der Waals surface area contributed by atoms with E-state index in [1.165, 1.54) is 16.8 Å². The molecule has 0 spiro atoms. The van der Waals surface area contributed by atoms with Crippen molar-refractivity contribution in [1.29, 1.82) is 0 Å². The Labute approximate surface area is 145 Å². The van der Waals surface area contributed by atoms with Crippen LogP contribution in [0.15, 0.2) is 35.5 Å². The molecule has 7 nitrogen and oxygen atoms in total. The summed E-state index contributed by atoms with van der Waals surface area (Å²) in [6, 6.07) is 2.07. The molecule has 2 aromatic rings. The Morgan fingerprint density at radius 1 is 1.40 bits per heavy atom. The second-order valence-corrected chi connectivity index (χ2v) is 7.93. The number of halogens is 1. The molecule has 0 radical (unpaired) electrons. The molecule has 1 aromatic carbocycles. The van der Waals surface area contributed by atoms with Crippen molar-refractivity contribution in [3.8, 4) is 5.69 Å². The summed E-state index contributed by atoms with van der Waals surface area (Å²) in [6.45, 7) is 5.36. The number of aliphatic carboxylic acids is 1. The number of hydrogen-bond acceptors (Lipinski definition) is 4. The van der Waals surface area contributed by atoms with E-state index < -0.39 is 27.9 Å². The Morgan fingerprint density at radius 3 is 2.56 bits per heavy atom. The summed E-state index contributed by atoms with van der Waals surface area (Å²) < 4.78 is 42.5. The fourth-order valence-electron chi connectivity index (χ4n) is 2.31. The summed E-state index contributed by atoms with van der Waals surface area (Å²) >= 11 is 0. The van der Waals surface area contributed by atoms with E-state index in [0.29, 0.717) is 0 Å². The molecule has 1 unspecified atom stereocenters. The Balaban J connectivity index is 2.30. The third kappa shape index (κ3) is 4.64. The Kier molecular flexibility index (Phi) is 5.58. The van der Waals surface area contributed by atoms with Crippen LogP contribution in [0.5, 0.6) is 0 Å². The van der Waals surface area contributed by atoms with Crippen LogP contribution in [-0.4, -0.2) is 35.3 Å². The highest BCUT2D eigenvalue weighted by atomic mass is 32.2. The lowest BCUT2D eigenvalue weighted by Crippen LogP contribution is -2.41. The van der Waals surface area contributed by atoms with Crippen LogP contribution in [0.25, 0.3) is 5.69 Å². The van der Waals surface area contributed by atoms with Crippen molar-refractivity contribution in [2.24, 2.45) is 5.92 Å². The van der Waals surface area contributed by atoms with Crippen molar-refractivity contribution in [2.45, 2.75) is 38.1 Å². The molecule has 1 atom stereocenters. The third-order valence-corrected chi connectivity index (χ3v) is 4.96. The van der Waals surface area contributed by atoms with Crippen LogP contribution in [0.3, 0.4) is 0 Å². The van der Waals surface area contributed by atoms with Crippen LogP contribution in [0.4, 0.5) is 4.39 Å². The van der Waals surface area contributed by atoms with Gasteiger partial charge in [-0.25, -0.2) is 17.5 Å². The Bertz CT molecular complexity index is 877. The van der Waals surface area contributed by atoms with Crippen molar-refractivity contribution in [1.82, 2.24) is 14.5 Å². The minimum Gasteiger partial charge on any atom is -0.480 e. The maximum absolute atomic E-state index is 14.3. The van der Waals surface area contributed by atoms with E-state index in [1.807, 2.05) is 0 Å². The maximum atomic E-state index is 14.3. The first-order chi connectivity index (χ1) is 11.6. The van der Waals surface area contributed by atoms with Gasteiger partial charge in [0.1, 0.15) is 17.5 Å². The van der Waals surface area contributed by atoms with E-state index in [0.717, 1.165) is 11.6 Å². The highest BCUT2D eigenvalue weighted by Gasteiger charge is 2.26. The van der Waals surface area contributed by atoms with E-state index in [4.69, 9.17) is 5.11 Å². The minimum atomic E-state index is -4.17. The summed E-state index contributed by atoms with van der Waals surface area (Å²) in [7, 11) is -4.17. The molecule has 0 saturated heterocycles. The molecule has 1 heterocycles. The smallest absolute Gasteiger partial charge is 0.321 e. The second-order valence-electron chi connectivity index (χ2n) is 6.22. The molecule has 0 amide bonds. The van der Waals surface area contributed by atoms with Crippen molar-refractivity contribution < 1.29 is 22.7 Å². The SMILES string of the molecule is Cc1cnn(-c2ccc(S(=O)(=O)NC(CC(C)C)C(=O)O)cc2F)c1. The molecule has 0 aliphatic carbocycles. The zero-order valence-electron chi connectivity index (χ0n) is 14.1. The molecule has 0 fully saturated rings. The summed E-state index contributed by atoms with van der Waals surface area (Å²) in [4.78, 5) is 10.9. The molecule has 2 N–H and O–H groups in total. The lowest BCUT2D eigenvalue weighted by Gasteiger charge is -2.17. The van der Waals surface area contributed by atoms with Crippen molar-refractivity contribution in [3.05, 3.63) is 42.0 Å². The van der Waals surface area contributed by atoms with E-state index in [-0.39, 0.29) is 22.9 Å². The molecule has 0 aliphatic rings. The van der Waals surface area contributed by atoms with Crippen LogP contribution >= 0.6 is 0 Å². The average molecular weight is 369 g/mol. The van der Waals surface area contributed by atoms with Gasteiger partial charge < -0.3 is 5.11 Å². The zero-order chi connectivity index (χ0) is 18.8. The molecule has 1 aromatic heterocycles. The summed E-state index contributed by atoms with van der Waals surface area (Å²) in [6.07, 6.45) is 3.28. The number of benzene rings is 1. The topological polar surface area (TPSA) is 101 Å². The number of carboxylic acids is 1. The monoisotopic (exact) mass is 369 g/mol. The van der Waals surface area contributed by atoms with Gasteiger partial charge in [-0.15, -0.1) is 0 Å². The Hall–Kier alpha value is -2.26. The molecule has 0 bridgehead atoms. The summed E-state index contributed by atoms with van der Waals surface area (Å²) in [5.74, 6) is -2.07. The van der Waals surface area contributed by atoms with E-state index in [9.17, 15) is 17.6 Å². The summed E-state index contributed by atoms with van der Waals surface area (Å²) in [5, 5.41) is 13.1. The van der Waals surface area contributed by atoms with Crippen LogP contribution < -0.4 is 4.72 Å². The van der Waals surface area contributed by atoms with Crippen LogP contribution in [0.2, 0.25) is 0 Å². The number of hydrogen-bond donors (Lipinski definition) is 2. The Morgan fingerprint density at radius 2 is 2.08 bits per heavy atom. The zero-order valence-corrected chi connectivity index (χ0v) is 14.9. The highest BCUT2D eigenvalue weighted by molar-refractivity contribution is 7.89. The highest BCUT2D eigenvalue weighted by Crippen LogP contribution is 2.19. The quantitative estimate of drug-likeness (QED) is 0.778. The molecular weight excluding hydrogens is 349 g/mol. The second kappa shape index (κ2) is 7.32. The molecule has 9 heteroatoms. The predicted octanol–water partition coefficient (Wildman–Crippen LogP) is 2.10. The lowest BCUT2D eigenvalue weighted by atomic mass is 10.1. The number of carbonyl (C=O) groups is 1. The average Bonchev–Trinajstić information content (AvgIpc) is 2.92. The number of rotatable bonds is 7.